The molecule has 0 aromatic heterocycles. The molecule has 0 saturated heterocycles. The van der Waals surface area contributed by atoms with Crippen LogP contribution < -0.4 is 10.0 Å². The highest BCUT2D eigenvalue weighted by Crippen LogP contribution is 2.23. The second kappa shape index (κ2) is 6.40. The van der Waals surface area contributed by atoms with E-state index in [0.29, 0.717) is 12.1 Å². The number of benzene rings is 2. The minimum atomic E-state index is -4.50. The van der Waals surface area contributed by atoms with Crippen LogP contribution in [0.5, 0.6) is 0 Å². The van der Waals surface area contributed by atoms with Crippen molar-refractivity contribution >= 4 is 21.6 Å². The Labute approximate surface area is 141 Å². The fraction of sp³-hybridized carbons (Fsp3) is 0.188. The molecule has 1 fully saturated rings. The van der Waals surface area contributed by atoms with Crippen LogP contribution in [0.15, 0.2) is 41.3 Å². The van der Waals surface area contributed by atoms with E-state index in [1.54, 1.807) is 0 Å². The maximum Gasteiger partial charge on any atom is 0.264 e. The third-order valence-corrected chi connectivity index (χ3v) is 4.98. The maximum absolute atomic E-state index is 13.7. The molecular weight excluding hydrogens is 357 g/mol. The van der Waals surface area contributed by atoms with Crippen molar-refractivity contribution < 1.29 is 26.4 Å². The number of anilines is 1. The molecule has 132 valence electrons. The van der Waals surface area contributed by atoms with E-state index in [-0.39, 0.29) is 23.2 Å². The maximum atomic E-state index is 13.7. The van der Waals surface area contributed by atoms with Crippen molar-refractivity contribution in [3.05, 3.63) is 59.4 Å². The lowest BCUT2D eigenvalue weighted by molar-refractivity contribution is 0.0951. The van der Waals surface area contributed by atoms with Gasteiger partial charge in [-0.15, -0.1) is 0 Å². The number of nitrogens with one attached hydrogen (secondary N) is 2. The van der Waals surface area contributed by atoms with Crippen LogP contribution >= 0.6 is 0 Å². The molecule has 2 aromatic carbocycles. The predicted molar refractivity (Wildman–Crippen MR) is 84.1 cm³/mol. The molecule has 1 aliphatic rings. The smallest absolute Gasteiger partial charge is 0.264 e. The van der Waals surface area contributed by atoms with E-state index in [1.807, 2.05) is 4.72 Å². The Morgan fingerprint density at radius 1 is 1.04 bits per heavy atom. The van der Waals surface area contributed by atoms with Gasteiger partial charge < -0.3 is 5.32 Å². The molecule has 2 N–H and O–H groups in total. The van der Waals surface area contributed by atoms with Crippen molar-refractivity contribution in [2.45, 2.75) is 23.8 Å². The minimum Gasteiger partial charge on any atom is -0.349 e. The highest BCUT2D eigenvalue weighted by atomic mass is 32.2. The average Bonchev–Trinajstić information content (AvgIpc) is 3.36. The standard InChI is InChI=1S/C16H13F3N2O3S/c17-12-6-7-13(15(19)14(12)18)25(23,24)21-11-3-1-2-9(8-11)16(22)20-10-4-5-10/h1-3,6-8,10,21H,4-5H2,(H,20,22). The van der Waals surface area contributed by atoms with Gasteiger partial charge in [-0.05, 0) is 43.2 Å². The Bertz CT molecular complexity index is 944. The summed E-state index contributed by atoms with van der Waals surface area (Å²) in [7, 11) is -4.50. The van der Waals surface area contributed by atoms with Crippen LogP contribution in [-0.2, 0) is 10.0 Å². The topological polar surface area (TPSA) is 75.3 Å². The number of sulfonamides is 1. The normalized spacial score (nSPS) is 14.2. The number of hydrogen-bond donors (Lipinski definition) is 2. The summed E-state index contributed by atoms with van der Waals surface area (Å²) in [5.41, 5.74) is 0.213. The van der Waals surface area contributed by atoms with Gasteiger partial charge in [-0.3, -0.25) is 9.52 Å². The number of rotatable bonds is 5. The van der Waals surface area contributed by atoms with Crippen LogP contribution in [0.3, 0.4) is 0 Å². The first-order valence-electron chi connectivity index (χ1n) is 7.35. The Morgan fingerprint density at radius 2 is 1.76 bits per heavy atom. The average molecular weight is 370 g/mol. The Hall–Kier alpha value is -2.55. The second-order valence-corrected chi connectivity index (χ2v) is 7.26. The number of carbonyl (C=O) groups excluding carboxylic acids is 1. The molecule has 1 aliphatic carbocycles. The molecule has 2 aromatic rings. The summed E-state index contributed by atoms with van der Waals surface area (Å²) in [6.07, 6.45) is 1.79. The zero-order valence-corrected chi connectivity index (χ0v) is 13.5. The molecule has 0 unspecified atom stereocenters. The van der Waals surface area contributed by atoms with Crippen LogP contribution in [0.25, 0.3) is 0 Å². The molecule has 0 atom stereocenters. The lowest BCUT2D eigenvalue weighted by atomic mass is 10.2. The van der Waals surface area contributed by atoms with Gasteiger partial charge in [-0.25, -0.2) is 21.6 Å². The lowest BCUT2D eigenvalue weighted by Crippen LogP contribution is -2.25. The second-order valence-electron chi connectivity index (χ2n) is 5.61. The van der Waals surface area contributed by atoms with Gasteiger partial charge in [-0.1, -0.05) is 6.07 Å². The van der Waals surface area contributed by atoms with E-state index in [4.69, 9.17) is 0 Å². The van der Waals surface area contributed by atoms with Gasteiger partial charge in [-0.2, -0.15) is 0 Å². The van der Waals surface area contributed by atoms with Crippen LogP contribution in [0.2, 0.25) is 0 Å². The molecule has 9 heteroatoms. The first-order chi connectivity index (χ1) is 11.8. The fourth-order valence-electron chi connectivity index (χ4n) is 2.15. The largest absolute Gasteiger partial charge is 0.349 e. The molecule has 0 bridgehead atoms. The summed E-state index contributed by atoms with van der Waals surface area (Å²) >= 11 is 0. The number of amides is 1. The molecular formula is C16H13F3N2O3S. The molecule has 0 spiro atoms. The third-order valence-electron chi connectivity index (χ3n) is 3.58. The summed E-state index contributed by atoms with van der Waals surface area (Å²) in [5, 5.41) is 2.75. The summed E-state index contributed by atoms with van der Waals surface area (Å²) in [6, 6.07) is 6.83. The van der Waals surface area contributed by atoms with Crippen molar-refractivity contribution in [2.75, 3.05) is 4.72 Å². The van der Waals surface area contributed by atoms with E-state index in [2.05, 4.69) is 5.32 Å². The van der Waals surface area contributed by atoms with E-state index in [0.717, 1.165) is 12.8 Å². The Morgan fingerprint density at radius 3 is 2.44 bits per heavy atom. The van der Waals surface area contributed by atoms with Crippen LogP contribution in [-0.4, -0.2) is 20.4 Å². The number of hydrogen-bond acceptors (Lipinski definition) is 3. The van der Waals surface area contributed by atoms with Gasteiger partial charge >= 0.3 is 0 Å². The number of halogens is 3. The summed E-state index contributed by atoms with van der Waals surface area (Å²) in [5.74, 6) is -5.53. The van der Waals surface area contributed by atoms with Gasteiger partial charge in [0.15, 0.2) is 17.5 Å². The van der Waals surface area contributed by atoms with Crippen molar-refractivity contribution in [2.24, 2.45) is 0 Å². The molecule has 25 heavy (non-hydrogen) atoms. The van der Waals surface area contributed by atoms with Crippen molar-refractivity contribution in [3.8, 4) is 0 Å². The van der Waals surface area contributed by atoms with E-state index >= 15 is 0 Å². The zero-order valence-electron chi connectivity index (χ0n) is 12.7. The van der Waals surface area contributed by atoms with E-state index in [9.17, 15) is 26.4 Å². The van der Waals surface area contributed by atoms with E-state index < -0.39 is 32.4 Å². The monoisotopic (exact) mass is 370 g/mol. The SMILES string of the molecule is O=C(NC1CC1)c1cccc(NS(=O)(=O)c2ccc(F)c(F)c2F)c1. The highest BCUT2D eigenvalue weighted by molar-refractivity contribution is 7.92. The molecule has 0 radical (unpaired) electrons. The molecule has 0 heterocycles. The summed E-state index contributed by atoms with van der Waals surface area (Å²) < 4.78 is 66.4. The lowest BCUT2D eigenvalue weighted by Gasteiger charge is -2.11. The fourth-order valence-corrected chi connectivity index (χ4v) is 3.27. The third kappa shape index (κ3) is 3.76. The molecule has 0 aliphatic heterocycles. The summed E-state index contributed by atoms with van der Waals surface area (Å²) in [4.78, 5) is 11.0. The van der Waals surface area contributed by atoms with Crippen molar-refractivity contribution in [1.29, 1.82) is 0 Å². The quantitative estimate of drug-likeness (QED) is 0.795. The zero-order chi connectivity index (χ0) is 18.2. The van der Waals surface area contributed by atoms with Gasteiger partial charge in [0.1, 0.15) is 4.90 Å². The summed E-state index contributed by atoms with van der Waals surface area (Å²) in [6.45, 7) is 0. The van der Waals surface area contributed by atoms with Crippen LogP contribution in [0.1, 0.15) is 23.2 Å². The van der Waals surface area contributed by atoms with Crippen LogP contribution in [0, 0.1) is 17.5 Å². The highest BCUT2D eigenvalue weighted by Gasteiger charge is 2.25. The predicted octanol–water partition coefficient (Wildman–Crippen LogP) is 2.80. The van der Waals surface area contributed by atoms with Gasteiger partial charge in [0.05, 0.1) is 0 Å². The molecule has 5 nitrogen and oxygen atoms in total. The molecule has 1 saturated carbocycles. The van der Waals surface area contributed by atoms with Crippen LogP contribution in [0.4, 0.5) is 18.9 Å². The Balaban J connectivity index is 1.86. The molecule has 3 rings (SSSR count). The van der Waals surface area contributed by atoms with Crippen molar-refractivity contribution in [3.63, 3.8) is 0 Å². The van der Waals surface area contributed by atoms with Gasteiger partial charge in [0.25, 0.3) is 15.9 Å². The Kier molecular flexibility index (Phi) is 4.42. The van der Waals surface area contributed by atoms with Gasteiger partial charge in [0.2, 0.25) is 0 Å². The first kappa shape index (κ1) is 17.3. The van der Waals surface area contributed by atoms with Gasteiger partial charge in [0, 0.05) is 17.3 Å². The molecule has 1 amide bonds. The minimum absolute atomic E-state index is 0.00687. The van der Waals surface area contributed by atoms with E-state index in [1.165, 1.54) is 24.3 Å². The first-order valence-corrected chi connectivity index (χ1v) is 8.83. The number of carbonyl (C=O) groups is 1. The van der Waals surface area contributed by atoms with Crippen molar-refractivity contribution in [1.82, 2.24) is 5.32 Å².